The summed E-state index contributed by atoms with van der Waals surface area (Å²) in [5, 5.41) is 8.84. The van der Waals surface area contributed by atoms with Crippen molar-refractivity contribution in [2.75, 3.05) is 13.1 Å². The highest BCUT2D eigenvalue weighted by atomic mass is 32.1. The van der Waals surface area contributed by atoms with Gasteiger partial charge in [0.15, 0.2) is 5.69 Å². The molecular weight excluding hydrogens is 297 g/mol. The van der Waals surface area contributed by atoms with Gasteiger partial charge >= 0.3 is 12.1 Å². The second kappa shape index (κ2) is 5.39. The summed E-state index contributed by atoms with van der Waals surface area (Å²) in [4.78, 5) is 26.9. The number of halogens is 3. The number of hydrogen-bond donors (Lipinski definition) is 1. The van der Waals surface area contributed by atoms with E-state index in [1.807, 2.05) is 0 Å². The molecule has 1 aliphatic rings. The number of carbonyl (C=O) groups is 2. The fourth-order valence-electron chi connectivity index (χ4n) is 2.07. The van der Waals surface area contributed by atoms with Crippen LogP contribution in [0.25, 0.3) is 0 Å². The van der Waals surface area contributed by atoms with Gasteiger partial charge in [-0.15, -0.1) is 11.3 Å². The van der Waals surface area contributed by atoms with Crippen LogP contribution in [0.15, 0.2) is 5.51 Å². The Bertz CT molecular complexity index is 521. The minimum absolute atomic E-state index is 0.144. The van der Waals surface area contributed by atoms with Gasteiger partial charge in [0, 0.05) is 13.1 Å². The van der Waals surface area contributed by atoms with Gasteiger partial charge in [-0.3, -0.25) is 9.59 Å². The Morgan fingerprint density at radius 1 is 1.35 bits per heavy atom. The number of carbonyl (C=O) groups excluding carboxylic acids is 1. The zero-order valence-electron chi connectivity index (χ0n) is 10.2. The Kier molecular flexibility index (Phi) is 3.98. The highest BCUT2D eigenvalue weighted by Crippen LogP contribution is 2.33. The Morgan fingerprint density at radius 3 is 2.45 bits per heavy atom. The van der Waals surface area contributed by atoms with Crippen LogP contribution in [0.5, 0.6) is 0 Å². The lowest BCUT2D eigenvalue weighted by atomic mass is 9.97. The minimum Gasteiger partial charge on any atom is -0.481 e. The van der Waals surface area contributed by atoms with Crippen LogP contribution in [0.1, 0.15) is 28.2 Å². The minimum atomic E-state index is -4.66. The van der Waals surface area contributed by atoms with Crippen molar-refractivity contribution >= 4 is 23.2 Å². The molecular formula is C11H11F3N2O3S. The summed E-state index contributed by atoms with van der Waals surface area (Å²) >= 11 is 0.647. The van der Waals surface area contributed by atoms with Crippen molar-refractivity contribution in [3.8, 4) is 0 Å². The summed E-state index contributed by atoms with van der Waals surface area (Å²) in [6.07, 6.45) is -4.16. The summed E-state index contributed by atoms with van der Waals surface area (Å²) in [6, 6.07) is 0. The smallest absolute Gasteiger partial charge is 0.434 e. The first-order valence-corrected chi connectivity index (χ1v) is 6.71. The van der Waals surface area contributed by atoms with E-state index in [0.29, 0.717) is 11.3 Å². The maximum atomic E-state index is 12.7. The number of rotatable bonds is 2. The molecule has 2 rings (SSSR count). The first-order valence-electron chi connectivity index (χ1n) is 5.83. The quantitative estimate of drug-likeness (QED) is 0.908. The number of carboxylic acids is 1. The van der Waals surface area contributed by atoms with Gasteiger partial charge in [-0.1, -0.05) is 0 Å². The number of likely N-dealkylation sites (tertiary alicyclic amines) is 1. The first-order chi connectivity index (χ1) is 9.30. The molecule has 1 saturated heterocycles. The predicted octanol–water partition coefficient (Wildman–Crippen LogP) is 2.10. The SMILES string of the molecule is O=C(O)C1CCN(C(=O)c2scnc2C(F)(F)F)CC1. The number of nitrogens with zero attached hydrogens (tertiary/aromatic N) is 2. The monoisotopic (exact) mass is 308 g/mol. The van der Waals surface area contributed by atoms with E-state index in [1.54, 1.807) is 0 Å². The first kappa shape index (κ1) is 14.8. The molecule has 1 aromatic rings. The normalized spacial score (nSPS) is 17.2. The third kappa shape index (κ3) is 2.92. The molecule has 1 amide bonds. The van der Waals surface area contributed by atoms with E-state index in [2.05, 4.69) is 4.98 Å². The second-order valence-corrected chi connectivity index (χ2v) is 5.29. The summed E-state index contributed by atoms with van der Waals surface area (Å²) < 4.78 is 38.0. The van der Waals surface area contributed by atoms with Gasteiger partial charge in [-0.2, -0.15) is 13.2 Å². The van der Waals surface area contributed by atoms with Crippen LogP contribution in [-0.4, -0.2) is 40.0 Å². The van der Waals surface area contributed by atoms with Gasteiger partial charge in [0.1, 0.15) is 4.88 Å². The van der Waals surface area contributed by atoms with Gasteiger partial charge in [-0.25, -0.2) is 4.98 Å². The Hall–Kier alpha value is -1.64. The van der Waals surface area contributed by atoms with Gasteiger partial charge in [0.25, 0.3) is 5.91 Å². The number of piperidine rings is 1. The molecule has 0 aliphatic carbocycles. The summed E-state index contributed by atoms with van der Waals surface area (Å²) in [6.45, 7) is 0.288. The predicted molar refractivity (Wildman–Crippen MR) is 63.4 cm³/mol. The largest absolute Gasteiger partial charge is 0.481 e. The molecule has 1 N–H and O–H groups in total. The molecule has 110 valence electrons. The third-order valence-electron chi connectivity index (χ3n) is 3.16. The van der Waals surface area contributed by atoms with E-state index in [9.17, 15) is 22.8 Å². The number of thiazole rings is 1. The number of aliphatic carboxylic acids is 1. The Labute approximate surface area is 116 Å². The van der Waals surface area contributed by atoms with E-state index >= 15 is 0 Å². The van der Waals surface area contributed by atoms with Crippen molar-refractivity contribution in [2.45, 2.75) is 19.0 Å². The van der Waals surface area contributed by atoms with E-state index < -0.39 is 34.5 Å². The molecule has 0 saturated carbocycles. The molecule has 2 heterocycles. The van der Waals surface area contributed by atoms with Crippen molar-refractivity contribution in [2.24, 2.45) is 5.92 Å². The molecule has 0 radical (unpaired) electrons. The van der Waals surface area contributed by atoms with Crippen LogP contribution in [0.3, 0.4) is 0 Å². The number of aromatic nitrogens is 1. The molecule has 0 unspecified atom stereocenters. The topological polar surface area (TPSA) is 70.5 Å². The van der Waals surface area contributed by atoms with Crippen LogP contribution in [0.4, 0.5) is 13.2 Å². The van der Waals surface area contributed by atoms with Crippen LogP contribution in [-0.2, 0) is 11.0 Å². The Morgan fingerprint density at radius 2 is 1.95 bits per heavy atom. The number of amides is 1. The lowest BCUT2D eigenvalue weighted by Gasteiger charge is -2.29. The van der Waals surface area contributed by atoms with Crippen LogP contribution >= 0.6 is 11.3 Å². The van der Waals surface area contributed by atoms with E-state index in [-0.39, 0.29) is 25.9 Å². The summed E-state index contributed by atoms with van der Waals surface area (Å²) in [5.74, 6) is -2.21. The molecule has 1 fully saturated rings. The second-order valence-electron chi connectivity index (χ2n) is 4.43. The van der Waals surface area contributed by atoms with E-state index in [0.717, 1.165) is 5.51 Å². The molecule has 0 aromatic carbocycles. The molecule has 0 spiro atoms. The Balaban J connectivity index is 2.10. The lowest BCUT2D eigenvalue weighted by molar-refractivity contribution is -0.143. The molecule has 1 aromatic heterocycles. The van der Waals surface area contributed by atoms with Crippen LogP contribution in [0, 0.1) is 5.92 Å². The van der Waals surface area contributed by atoms with Crippen LogP contribution in [0.2, 0.25) is 0 Å². The standard InChI is InChI=1S/C11H11F3N2O3S/c12-11(13,14)8-7(20-5-15-8)9(17)16-3-1-6(2-4-16)10(18)19/h5-6H,1-4H2,(H,18,19). The maximum Gasteiger partial charge on any atom is 0.434 e. The molecule has 20 heavy (non-hydrogen) atoms. The average molecular weight is 308 g/mol. The highest BCUT2D eigenvalue weighted by molar-refractivity contribution is 7.11. The van der Waals surface area contributed by atoms with Crippen molar-refractivity contribution in [1.82, 2.24) is 9.88 Å². The van der Waals surface area contributed by atoms with Gasteiger partial charge in [-0.05, 0) is 12.8 Å². The molecule has 5 nitrogen and oxygen atoms in total. The van der Waals surface area contributed by atoms with Gasteiger partial charge < -0.3 is 10.0 Å². The average Bonchev–Trinajstić information content (AvgIpc) is 2.87. The third-order valence-corrected chi connectivity index (χ3v) is 3.98. The van der Waals surface area contributed by atoms with E-state index in [4.69, 9.17) is 5.11 Å². The van der Waals surface area contributed by atoms with Gasteiger partial charge in [0.05, 0.1) is 11.4 Å². The van der Waals surface area contributed by atoms with Crippen molar-refractivity contribution in [3.05, 3.63) is 16.1 Å². The number of hydrogen-bond acceptors (Lipinski definition) is 4. The fraction of sp³-hybridized carbons (Fsp3) is 0.545. The van der Waals surface area contributed by atoms with Crippen LogP contribution < -0.4 is 0 Å². The highest BCUT2D eigenvalue weighted by Gasteiger charge is 2.40. The molecule has 1 aliphatic heterocycles. The molecule has 0 bridgehead atoms. The van der Waals surface area contributed by atoms with Crippen molar-refractivity contribution in [3.63, 3.8) is 0 Å². The summed E-state index contributed by atoms with van der Waals surface area (Å²) in [7, 11) is 0. The maximum absolute atomic E-state index is 12.7. The van der Waals surface area contributed by atoms with Crippen molar-refractivity contribution < 1.29 is 27.9 Å². The number of carboxylic acid groups (broad SMARTS) is 1. The fourth-order valence-corrected chi connectivity index (χ4v) is 2.85. The number of alkyl halides is 3. The zero-order valence-corrected chi connectivity index (χ0v) is 11.0. The molecule has 0 atom stereocenters. The van der Waals surface area contributed by atoms with E-state index in [1.165, 1.54) is 4.90 Å². The zero-order chi connectivity index (χ0) is 14.9. The lowest BCUT2D eigenvalue weighted by Crippen LogP contribution is -2.40. The van der Waals surface area contributed by atoms with Gasteiger partial charge in [0.2, 0.25) is 0 Å². The molecule has 9 heteroatoms. The summed E-state index contributed by atoms with van der Waals surface area (Å²) in [5.41, 5.74) is -0.187. The van der Waals surface area contributed by atoms with Crippen molar-refractivity contribution in [1.29, 1.82) is 0 Å².